The standard InChI is InChI=1S/C8H7NO2/c10-7-3-5-11-8-6(7)2-1-4-9-8/h1-4,10H,5H2. The van der Waals surface area contributed by atoms with E-state index in [1.807, 2.05) is 0 Å². The van der Waals surface area contributed by atoms with Crippen molar-refractivity contribution in [2.75, 3.05) is 6.61 Å². The van der Waals surface area contributed by atoms with Crippen LogP contribution in [0.5, 0.6) is 5.88 Å². The van der Waals surface area contributed by atoms with E-state index in [0.717, 1.165) is 0 Å². The molecule has 0 aliphatic carbocycles. The average Bonchev–Trinajstić information content (AvgIpc) is 2.06. The number of aliphatic hydroxyl groups excluding tert-OH is 1. The monoisotopic (exact) mass is 149 g/mol. The van der Waals surface area contributed by atoms with Gasteiger partial charge in [-0.1, -0.05) is 0 Å². The topological polar surface area (TPSA) is 42.4 Å². The second-order valence-electron chi connectivity index (χ2n) is 2.26. The van der Waals surface area contributed by atoms with Crippen LogP contribution in [0.4, 0.5) is 0 Å². The maximum absolute atomic E-state index is 9.30. The van der Waals surface area contributed by atoms with E-state index >= 15 is 0 Å². The van der Waals surface area contributed by atoms with E-state index in [4.69, 9.17) is 4.74 Å². The van der Waals surface area contributed by atoms with Crippen LogP contribution < -0.4 is 4.74 Å². The zero-order valence-corrected chi connectivity index (χ0v) is 5.82. The minimum absolute atomic E-state index is 0.249. The highest BCUT2D eigenvalue weighted by Crippen LogP contribution is 2.24. The number of rotatable bonds is 0. The van der Waals surface area contributed by atoms with Crippen LogP contribution in [0.2, 0.25) is 0 Å². The summed E-state index contributed by atoms with van der Waals surface area (Å²) in [4.78, 5) is 3.95. The Hall–Kier alpha value is -1.51. The molecule has 0 bridgehead atoms. The lowest BCUT2D eigenvalue weighted by molar-refractivity contribution is 0.332. The molecule has 3 heteroatoms. The second-order valence-corrected chi connectivity index (χ2v) is 2.26. The highest BCUT2D eigenvalue weighted by Gasteiger charge is 2.11. The Kier molecular flexibility index (Phi) is 1.28. The molecule has 0 unspecified atom stereocenters. The summed E-state index contributed by atoms with van der Waals surface area (Å²) in [7, 11) is 0. The third kappa shape index (κ3) is 0.941. The van der Waals surface area contributed by atoms with Gasteiger partial charge < -0.3 is 9.84 Å². The van der Waals surface area contributed by atoms with Gasteiger partial charge in [0, 0.05) is 6.20 Å². The molecule has 0 fully saturated rings. The molecule has 1 aromatic rings. The Morgan fingerprint density at radius 2 is 2.45 bits per heavy atom. The number of fused-ring (bicyclic) bond motifs is 1. The number of hydrogen-bond acceptors (Lipinski definition) is 3. The van der Waals surface area contributed by atoms with Gasteiger partial charge in [0.1, 0.15) is 12.4 Å². The van der Waals surface area contributed by atoms with E-state index in [1.165, 1.54) is 0 Å². The molecule has 1 aliphatic heterocycles. The molecule has 11 heavy (non-hydrogen) atoms. The van der Waals surface area contributed by atoms with Crippen molar-refractivity contribution in [1.29, 1.82) is 0 Å². The van der Waals surface area contributed by atoms with Crippen molar-refractivity contribution >= 4 is 5.76 Å². The van der Waals surface area contributed by atoms with Crippen LogP contribution in [-0.4, -0.2) is 16.7 Å². The van der Waals surface area contributed by atoms with Gasteiger partial charge in [0.25, 0.3) is 0 Å². The summed E-state index contributed by atoms with van der Waals surface area (Å²) in [6.07, 6.45) is 3.25. The zero-order valence-electron chi connectivity index (χ0n) is 5.82. The Bertz CT molecular complexity index is 307. The van der Waals surface area contributed by atoms with E-state index in [9.17, 15) is 5.11 Å². The Morgan fingerprint density at radius 3 is 3.27 bits per heavy atom. The Morgan fingerprint density at radius 1 is 1.55 bits per heavy atom. The largest absolute Gasteiger partial charge is 0.507 e. The summed E-state index contributed by atoms with van der Waals surface area (Å²) in [5.74, 6) is 0.756. The summed E-state index contributed by atoms with van der Waals surface area (Å²) in [5.41, 5.74) is 0.666. The first-order valence-electron chi connectivity index (χ1n) is 3.35. The summed E-state index contributed by atoms with van der Waals surface area (Å²) in [6, 6.07) is 3.53. The van der Waals surface area contributed by atoms with Gasteiger partial charge in [0.2, 0.25) is 5.88 Å². The van der Waals surface area contributed by atoms with Crippen LogP contribution in [-0.2, 0) is 0 Å². The molecular weight excluding hydrogens is 142 g/mol. The molecule has 0 saturated heterocycles. The summed E-state index contributed by atoms with van der Waals surface area (Å²) in [6.45, 7) is 0.399. The van der Waals surface area contributed by atoms with Crippen LogP contribution in [0.3, 0.4) is 0 Å². The first-order chi connectivity index (χ1) is 5.38. The van der Waals surface area contributed by atoms with Crippen LogP contribution in [0, 0.1) is 0 Å². The number of hydrogen-bond donors (Lipinski definition) is 1. The van der Waals surface area contributed by atoms with Crippen molar-refractivity contribution in [2.24, 2.45) is 0 Å². The fourth-order valence-corrected chi connectivity index (χ4v) is 1.01. The second kappa shape index (κ2) is 2.27. The first kappa shape index (κ1) is 6.22. The number of nitrogens with zero attached hydrogens (tertiary/aromatic N) is 1. The number of pyridine rings is 1. The van der Waals surface area contributed by atoms with Crippen LogP contribution in [0.25, 0.3) is 5.76 Å². The third-order valence-electron chi connectivity index (χ3n) is 1.54. The molecule has 3 nitrogen and oxygen atoms in total. The van der Waals surface area contributed by atoms with Gasteiger partial charge in [0.15, 0.2) is 0 Å². The minimum atomic E-state index is 0.249. The average molecular weight is 149 g/mol. The van der Waals surface area contributed by atoms with Crippen molar-refractivity contribution in [3.05, 3.63) is 30.0 Å². The molecule has 0 atom stereocenters. The summed E-state index contributed by atoms with van der Waals surface area (Å²) >= 11 is 0. The summed E-state index contributed by atoms with van der Waals surface area (Å²) in [5, 5.41) is 9.30. The maximum atomic E-state index is 9.30. The van der Waals surface area contributed by atoms with Crippen LogP contribution in [0.15, 0.2) is 24.4 Å². The highest BCUT2D eigenvalue weighted by atomic mass is 16.5. The van der Waals surface area contributed by atoms with E-state index in [-0.39, 0.29) is 5.76 Å². The van der Waals surface area contributed by atoms with E-state index in [2.05, 4.69) is 4.98 Å². The molecule has 2 heterocycles. The highest BCUT2D eigenvalue weighted by molar-refractivity contribution is 5.64. The normalized spacial score (nSPS) is 14.7. The van der Waals surface area contributed by atoms with Gasteiger partial charge in [-0.15, -0.1) is 0 Å². The first-order valence-corrected chi connectivity index (χ1v) is 3.35. The van der Waals surface area contributed by atoms with Gasteiger partial charge in [-0.25, -0.2) is 4.98 Å². The van der Waals surface area contributed by atoms with Crippen molar-refractivity contribution in [1.82, 2.24) is 4.98 Å². The number of aromatic nitrogens is 1. The minimum Gasteiger partial charge on any atom is -0.507 e. The molecule has 0 spiro atoms. The van der Waals surface area contributed by atoms with E-state index in [0.29, 0.717) is 18.1 Å². The fraction of sp³-hybridized carbons (Fsp3) is 0.125. The molecular formula is C8H7NO2. The van der Waals surface area contributed by atoms with Gasteiger partial charge in [0.05, 0.1) is 5.56 Å². The lowest BCUT2D eigenvalue weighted by atomic mass is 10.2. The predicted molar refractivity (Wildman–Crippen MR) is 40.3 cm³/mol. The predicted octanol–water partition coefficient (Wildman–Crippen LogP) is 1.37. The van der Waals surface area contributed by atoms with E-state index < -0.39 is 0 Å². The van der Waals surface area contributed by atoms with Crippen LogP contribution >= 0.6 is 0 Å². The van der Waals surface area contributed by atoms with Gasteiger partial charge in [-0.2, -0.15) is 0 Å². The van der Waals surface area contributed by atoms with Gasteiger partial charge in [-0.3, -0.25) is 0 Å². The van der Waals surface area contributed by atoms with Gasteiger partial charge >= 0.3 is 0 Å². The quantitative estimate of drug-likeness (QED) is 0.605. The molecule has 1 N–H and O–H groups in total. The van der Waals surface area contributed by atoms with Crippen molar-refractivity contribution in [3.8, 4) is 5.88 Å². The Balaban J connectivity index is 2.56. The molecule has 1 aliphatic rings. The molecule has 0 aromatic carbocycles. The molecule has 2 rings (SSSR count). The zero-order chi connectivity index (χ0) is 7.68. The summed E-state index contributed by atoms with van der Waals surface area (Å²) < 4.78 is 5.15. The molecule has 1 aromatic heterocycles. The van der Waals surface area contributed by atoms with Crippen molar-refractivity contribution < 1.29 is 9.84 Å². The molecule has 56 valence electrons. The molecule has 0 saturated carbocycles. The molecule has 0 radical (unpaired) electrons. The smallest absolute Gasteiger partial charge is 0.224 e. The van der Waals surface area contributed by atoms with Crippen molar-refractivity contribution in [2.45, 2.75) is 0 Å². The number of aliphatic hydroxyl groups is 1. The number of ether oxygens (including phenoxy) is 1. The molecule has 0 amide bonds. The van der Waals surface area contributed by atoms with Crippen LogP contribution in [0.1, 0.15) is 5.56 Å². The Labute approximate surface area is 64.0 Å². The van der Waals surface area contributed by atoms with E-state index in [1.54, 1.807) is 24.4 Å². The SMILES string of the molecule is OC1=CCOc2ncccc21. The fourth-order valence-electron chi connectivity index (χ4n) is 1.01. The third-order valence-corrected chi connectivity index (χ3v) is 1.54. The van der Waals surface area contributed by atoms with Gasteiger partial charge in [-0.05, 0) is 18.2 Å². The van der Waals surface area contributed by atoms with Crippen molar-refractivity contribution in [3.63, 3.8) is 0 Å². The lowest BCUT2D eigenvalue weighted by Gasteiger charge is -2.12. The lowest BCUT2D eigenvalue weighted by Crippen LogP contribution is -2.05. The maximum Gasteiger partial charge on any atom is 0.224 e.